The van der Waals surface area contributed by atoms with E-state index in [0.717, 1.165) is 5.56 Å². The summed E-state index contributed by atoms with van der Waals surface area (Å²) in [4.78, 5) is 2.41. The van der Waals surface area contributed by atoms with E-state index in [1.807, 2.05) is 6.92 Å². The van der Waals surface area contributed by atoms with Crippen LogP contribution in [0.25, 0.3) is 0 Å². The van der Waals surface area contributed by atoms with Gasteiger partial charge in [0.25, 0.3) is 10.0 Å². The fraction of sp³-hybridized carbons (Fsp3) is 0.286. The van der Waals surface area contributed by atoms with E-state index < -0.39 is 10.0 Å². The lowest BCUT2D eigenvalue weighted by molar-refractivity contribution is 0.392. The standard InChI is InChI=1S/C14H17N3O3S/c1-10-4-6-14(7-5-10)21(18,19)17-15-11(2)8-13-9-12(3)20-16-13/h4-7,9,17H,8H2,1-3H3. The number of sulfonamides is 1. The van der Waals surface area contributed by atoms with Gasteiger partial charge >= 0.3 is 0 Å². The molecular formula is C14H17N3O3S. The van der Waals surface area contributed by atoms with Gasteiger partial charge in [-0.15, -0.1) is 0 Å². The summed E-state index contributed by atoms with van der Waals surface area (Å²) in [6, 6.07) is 8.35. The predicted molar refractivity (Wildman–Crippen MR) is 79.6 cm³/mol. The second-order valence-corrected chi connectivity index (χ2v) is 6.52. The van der Waals surface area contributed by atoms with Gasteiger partial charge in [0.2, 0.25) is 0 Å². The molecule has 1 aromatic carbocycles. The molecule has 0 bridgehead atoms. The third-order valence-corrected chi connectivity index (χ3v) is 4.03. The average molecular weight is 307 g/mol. The molecule has 0 atom stereocenters. The van der Waals surface area contributed by atoms with E-state index in [1.165, 1.54) is 0 Å². The molecule has 21 heavy (non-hydrogen) atoms. The van der Waals surface area contributed by atoms with Crippen molar-refractivity contribution in [1.82, 2.24) is 9.99 Å². The summed E-state index contributed by atoms with van der Waals surface area (Å²) in [6.07, 6.45) is 0.424. The highest BCUT2D eigenvalue weighted by atomic mass is 32.2. The van der Waals surface area contributed by atoms with Crippen LogP contribution in [0.2, 0.25) is 0 Å². The van der Waals surface area contributed by atoms with Crippen LogP contribution in [0.15, 0.2) is 44.9 Å². The quantitative estimate of drug-likeness (QED) is 0.678. The van der Waals surface area contributed by atoms with Crippen molar-refractivity contribution in [3.8, 4) is 0 Å². The minimum Gasteiger partial charge on any atom is -0.361 e. The minimum atomic E-state index is -3.64. The van der Waals surface area contributed by atoms with Crippen LogP contribution in [0.1, 0.15) is 23.9 Å². The van der Waals surface area contributed by atoms with Gasteiger partial charge in [0.1, 0.15) is 5.76 Å². The Bertz CT molecular complexity index is 746. The number of hydrazone groups is 1. The highest BCUT2D eigenvalue weighted by Gasteiger charge is 2.12. The van der Waals surface area contributed by atoms with Gasteiger partial charge in [0.15, 0.2) is 0 Å². The molecule has 0 fully saturated rings. The predicted octanol–water partition coefficient (Wildman–Crippen LogP) is 2.19. The maximum atomic E-state index is 12.1. The SMILES string of the molecule is CC(Cc1cc(C)on1)=NNS(=O)(=O)c1ccc(C)cc1. The van der Waals surface area contributed by atoms with Gasteiger partial charge < -0.3 is 4.52 Å². The molecule has 7 heteroatoms. The average Bonchev–Trinajstić information content (AvgIpc) is 2.82. The Morgan fingerprint density at radius 3 is 2.52 bits per heavy atom. The lowest BCUT2D eigenvalue weighted by atomic mass is 10.2. The van der Waals surface area contributed by atoms with Crippen molar-refractivity contribution in [1.29, 1.82) is 0 Å². The Kier molecular flexibility index (Phi) is 4.42. The molecule has 112 valence electrons. The molecule has 0 saturated heterocycles. The van der Waals surface area contributed by atoms with Crippen LogP contribution < -0.4 is 4.83 Å². The smallest absolute Gasteiger partial charge is 0.276 e. The second kappa shape index (κ2) is 6.09. The first-order chi connectivity index (χ1) is 9.87. The molecule has 0 aliphatic heterocycles. The molecular weight excluding hydrogens is 290 g/mol. The summed E-state index contributed by atoms with van der Waals surface area (Å²) >= 11 is 0. The van der Waals surface area contributed by atoms with Crippen molar-refractivity contribution in [2.45, 2.75) is 32.1 Å². The van der Waals surface area contributed by atoms with Crippen LogP contribution in [-0.2, 0) is 16.4 Å². The van der Waals surface area contributed by atoms with E-state index in [2.05, 4.69) is 15.1 Å². The van der Waals surface area contributed by atoms with Crippen molar-refractivity contribution in [3.05, 3.63) is 47.3 Å². The summed E-state index contributed by atoms with van der Waals surface area (Å²) in [5.74, 6) is 0.707. The molecule has 0 aliphatic rings. The van der Waals surface area contributed by atoms with Crippen LogP contribution in [0, 0.1) is 13.8 Å². The van der Waals surface area contributed by atoms with Gasteiger partial charge in [0.05, 0.1) is 10.6 Å². The first-order valence-electron chi connectivity index (χ1n) is 6.40. The van der Waals surface area contributed by atoms with Gasteiger partial charge in [-0.25, -0.2) is 4.83 Å². The van der Waals surface area contributed by atoms with Gasteiger partial charge in [-0.1, -0.05) is 22.9 Å². The summed E-state index contributed by atoms with van der Waals surface area (Å²) in [5, 5.41) is 7.73. The first kappa shape index (κ1) is 15.2. The fourth-order valence-electron chi connectivity index (χ4n) is 1.71. The normalized spacial score (nSPS) is 12.4. The largest absolute Gasteiger partial charge is 0.361 e. The molecule has 2 aromatic rings. The van der Waals surface area contributed by atoms with Gasteiger partial charge in [-0.2, -0.15) is 13.5 Å². The number of aryl methyl sites for hydroxylation is 2. The van der Waals surface area contributed by atoms with Crippen molar-refractivity contribution in [3.63, 3.8) is 0 Å². The number of nitrogens with zero attached hydrogens (tertiary/aromatic N) is 2. The molecule has 2 rings (SSSR count). The Morgan fingerprint density at radius 1 is 1.29 bits per heavy atom. The molecule has 0 amide bonds. The molecule has 0 saturated carbocycles. The second-order valence-electron chi connectivity index (χ2n) is 4.86. The zero-order valence-electron chi connectivity index (χ0n) is 12.1. The Balaban J connectivity index is 2.06. The van der Waals surface area contributed by atoms with E-state index in [0.29, 0.717) is 23.6 Å². The van der Waals surface area contributed by atoms with E-state index in [1.54, 1.807) is 44.2 Å². The highest BCUT2D eigenvalue weighted by Crippen LogP contribution is 2.10. The van der Waals surface area contributed by atoms with Crippen LogP contribution in [0.3, 0.4) is 0 Å². The Labute approximate surface area is 123 Å². The number of nitrogens with one attached hydrogen (secondary N) is 1. The van der Waals surface area contributed by atoms with Gasteiger partial charge in [0, 0.05) is 18.2 Å². The lowest BCUT2D eigenvalue weighted by Crippen LogP contribution is -2.20. The summed E-state index contributed by atoms with van der Waals surface area (Å²) in [7, 11) is -3.64. The summed E-state index contributed by atoms with van der Waals surface area (Å²) in [6.45, 7) is 5.41. The van der Waals surface area contributed by atoms with Crippen LogP contribution in [0.4, 0.5) is 0 Å². The summed E-state index contributed by atoms with van der Waals surface area (Å²) in [5.41, 5.74) is 2.30. The van der Waals surface area contributed by atoms with Crippen molar-refractivity contribution >= 4 is 15.7 Å². The maximum absolute atomic E-state index is 12.1. The molecule has 6 nitrogen and oxygen atoms in total. The number of aromatic nitrogens is 1. The molecule has 0 spiro atoms. The van der Waals surface area contributed by atoms with Crippen LogP contribution in [-0.4, -0.2) is 19.3 Å². The molecule has 1 N–H and O–H groups in total. The van der Waals surface area contributed by atoms with Gasteiger partial charge in [-0.3, -0.25) is 0 Å². The Morgan fingerprint density at radius 2 is 1.95 bits per heavy atom. The van der Waals surface area contributed by atoms with Crippen molar-refractivity contribution < 1.29 is 12.9 Å². The van der Waals surface area contributed by atoms with Crippen LogP contribution in [0.5, 0.6) is 0 Å². The molecule has 1 heterocycles. The fourth-order valence-corrected chi connectivity index (χ4v) is 2.59. The summed E-state index contributed by atoms with van der Waals surface area (Å²) < 4.78 is 29.1. The van der Waals surface area contributed by atoms with Crippen molar-refractivity contribution in [2.24, 2.45) is 5.10 Å². The molecule has 1 aromatic heterocycles. The first-order valence-corrected chi connectivity index (χ1v) is 7.89. The van der Waals surface area contributed by atoms with E-state index in [9.17, 15) is 8.42 Å². The molecule has 0 unspecified atom stereocenters. The Hall–Kier alpha value is -2.15. The number of hydrogen-bond donors (Lipinski definition) is 1. The van der Waals surface area contributed by atoms with E-state index in [4.69, 9.17) is 4.52 Å². The maximum Gasteiger partial charge on any atom is 0.276 e. The van der Waals surface area contributed by atoms with Crippen molar-refractivity contribution in [2.75, 3.05) is 0 Å². The number of benzene rings is 1. The highest BCUT2D eigenvalue weighted by molar-refractivity contribution is 7.89. The van der Waals surface area contributed by atoms with Gasteiger partial charge in [-0.05, 0) is 32.9 Å². The van der Waals surface area contributed by atoms with Crippen LogP contribution >= 0.6 is 0 Å². The number of rotatable bonds is 5. The van der Waals surface area contributed by atoms with E-state index in [-0.39, 0.29) is 4.90 Å². The monoisotopic (exact) mass is 307 g/mol. The number of hydrogen-bond acceptors (Lipinski definition) is 5. The lowest BCUT2D eigenvalue weighted by Gasteiger charge is -2.05. The minimum absolute atomic E-state index is 0.182. The zero-order chi connectivity index (χ0) is 15.5. The molecule has 0 radical (unpaired) electrons. The zero-order valence-corrected chi connectivity index (χ0v) is 12.9. The third-order valence-electron chi connectivity index (χ3n) is 2.80. The third kappa shape index (κ3) is 4.16. The topological polar surface area (TPSA) is 84.6 Å². The van der Waals surface area contributed by atoms with E-state index >= 15 is 0 Å². The molecule has 0 aliphatic carbocycles.